The molecule has 0 spiro atoms. The van der Waals surface area contributed by atoms with Crippen molar-refractivity contribution >= 4 is 23.3 Å². The number of hydrogen-bond donors (Lipinski definition) is 3. The molecule has 0 radical (unpaired) electrons. The zero-order chi connectivity index (χ0) is 29.2. The highest BCUT2D eigenvalue weighted by Crippen LogP contribution is 2.32. The van der Waals surface area contributed by atoms with E-state index >= 15 is 0 Å². The SMILES string of the molecule is CCOC(=O)C(NCCNc1ccc(NC(=O)c2ccccc2-c2ccc(C(F)(F)F)cc2)cc1)c1ccccc1. The van der Waals surface area contributed by atoms with Crippen LogP contribution in [0.25, 0.3) is 11.1 Å². The van der Waals surface area contributed by atoms with E-state index < -0.39 is 17.8 Å². The monoisotopic (exact) mass is 561 g/mol. The highest BCUT2D eigenvalue weighted by atomic mass is 19.4. The molecule has 1 unspecified atom stereocenters. The van der Waals surface area contributed by atoms with Crippen LogP contribution in [-0.2, 0) is 15.7 Å². The maximum atomic E-state index is 13.1. The number of nitrogens with one attached hydrogen (secondary N) is 3. The number of ether oxygens (including phenoxy) is 1. The van der Waals surface area contributed by atoms with E-state index in [1.54, 1.807) is 43.3 Å². The van der Waals surface area contributed by atoms with Crippen LogP contribution in [0.4, 0.5) is 24.5 Å². The Morgan fingerprint density at radius 2 is 1.41 bits per heavy atom. The van der Waals surface area contributed by atoms with Crippen LogP contribution in [0.1, 0.15) is 34.5 Å². The number of alkyl halides is 3. The maximum absolute atomic E-state index is 13.1. The third kappa shape index (κ3) is 7.95. The average Bonchev–Trinajstić information content (AvgIpc) is 2.98. The number of amides is 1. The van der Waals surface area contributed by atoms with Gasteiger partial charge in [-0.25, -0.2) is 4.79 Å². The van der Waals surface area contributed by atoms with Gasteiger partial charge in [-0.2, -0.15) is 13.2 Å². The maximum Gasteiger partial charge on any atom is 0.416 e. The standard InChI is InChI=1S/C32H30F3N3O3/c1-2-41-31(40)29(23-8-4-3-5-9-23)37-21-20-36-25-16-18-26(19-17-25)38-30(39)28-11-7-6-10-27(28)22-12-14-24(15-13-22)32(33,34)35/h3-19,29,36-37H,2,20-21H2,1H3,(H,38,39). The zero-order valence-corrected chi connectivity index (χ0v) is 22.4. The summed E-state index contributed by atoms with van der Waals surface area (Å²) in [6.07, 6.45) is -4.43. The second-order valence-electron chi connectivity index (χ2n) is 9.13. The lowest BCUT2D eigenvalue weighted by molar-refractivity contribution is -0.145. The number of anilines is 2. The lowest BCUT2D eigenvalue weighted by Gasteiger charge is -2.18. The summed E-state index contributed by atoms with van der Waals surface area (Å²) < 4.78 is 44.1. The lowest BCUT2D eigenvalue weighted by atomic mass is 9.98. The molecule has 41 heavy (non-hydrogen) atoms. The lowest BCUT2D eigenvalue weighted by Crippen LogP contribution is -2.33. The number of benzene rings is 4. The van der Waals surface area contributed by atoms with Crippen molar-refractivity contribution in [1.82, 2.24) is 5.32 Å². The van der Waals surface area contributed by atoms with Crippen molar-refractivity contribution in [3.05, 3.63) is 120 Å². The summed E-state index contributed by atoms with van der Waals surface area (Å²) in [5.41, 5.74) is 2.84. The Morgan fingerprint density at radius 1 is 0.780 bits per heavy atom. The predicted molar refractivity (Wildman–Crippen MR) is 154 cm³/mol. The van der Waals surface area contributed by atoms with Crippen LogP contribution in [0, 0.1) is 0 Å². The van der Waals surface area contributed by atoms with Gasteiger partial charge in [-0.05, 0) is 66.1 Å². The van der Waals surface area contributed by atoms with E-state index in [0.717, 1.165) is 23.4 Å². The molecule has 1 amide bonds. The van der Waals surface area contributed by atoms with Crippen molar-refractivity contribution < 1.29 is 27.5 Å². The molecular formula is C32H30F3N3O3. The Kier molecular flexibility index (Phi) is 9.76. The van der Waals surface area contributed by atoms with Crippen molar-refractivity contribution in [2.45, 2.75) is 19.1 Å². The Hall–Kier alpha value is -4.63. The Morgan fingerprint density at radius 3 is 2.07 bits per heavy atom. The first kappa shape index (κ1) is 29.4. The Bertz CT molecular complexity index is 1440. The first-order valence-corrected chi connectivity index (χ1v) is 13.1. The van der Waals surface area contributed by atoms with E-state index in [9.17, 15) is 22.8 Å². The molecular weight excluding hydrogens is 531 g/mol. The molecule has 0 fully saturated rings. The molecule has 212 valence electrons. The van der Waals surface area contributed by atoms with Crippen molar-refractivity contribution in [2.75, 3.05) is 30.3 Å². The summed E-state index contributed by atoms with van der Waals surface area (Å²) in [5.74, 6) is -0.713. The van der Waals surface area contributed by atoms with Gasteiger partial charge in [0.05, 0.1) is 12.2 Å². The van der Waals surface area contributed by atoms with Crippen LogP contribution in [0.15, 0.2) is 103 Å². The van der Waals surface area contributed by atoms with E-state index in [4.69, 9.17) is 4.74 Å². The molecule has 0 aliphatic carbocycles. The van der Waals surface area contributed by atoms with E-state index in [1.165, 1.54) is 12.1 Å². The highest BCUT2D eigenvalue weighted by Gasteiger charge is 2.30. The van der Waals surface area contributed by atoms with E-state index in [-0.39, 0.29) is 11.9 Å². The molecule has 1 atom stereocenters. The van der Waals surface area contributed by atoms with Gasteiger partial charge in [-0.1, -0.05) is 60.7 Å². The van der Waals surface area contributed by atoms with Crippen LogP contribution in [-0.4, -0.2) is 31.6 Å². The van der Waals surface area contributed by atoms with Gasteiger partial charge >= 0.3 is 12.1 Å². The fraction of sp³-hybridized carbons (Fsp3) is 0.188. The van der Waals surface area contributed by atoms with Crippen LogP contribution < -0.4 is 16.0 Å². The van der Waals surface area contributed by atoms with Crippen molar-refractivity contribution in [2.24, 2.45) is 0 Å². The summed E-state index contributed by atoms with van der Waals surface area (Å²) in [6.45, 7) is 3.10. The molecule has 0 saturated carbocycles. The molecule has 0 heterocycles. The first-order chi connectivity index (χ1) is 19.8. The summed E-state index contributed by atoms with van der Waals surface area (Å²) in [7, 11) is 0. The molecule has 0 aliphatic rings. The van der Waals surface area contributed by atoms with Gasteiger partial charge in [-0.15, -0.1) is 0 Å². The largest absolute Gasteiger partial charge is 0.465 e. The number of halogens is 3. The van der Waals surface area contributed by atoms with Gasteiger partial charge in [0, 0.05) is 30.0 Å². The molecule has 4 aromatic rings. The van der Waals surface area contributed by atoms with Gasteiger partial charge < -0.3 is 15.4 Å². The van der Waals surface area contributed by atoms with Gasteiger partial charge in [0.2, 0.25) is 0 Å². The Labute approximate surface area is 236 Å². The van der Waals surface area contributed by atoms with E-state index in [2.05, 4.69) is 16.0 Å². The summed E-state index contributed by atoms with van der Waals surface area (Å²) in [5, 5.41) is 9.34. The molecule has 0 aromatic heterocycles. The summed E-state index contributed by atoms with van der Waals surface area (Å²) >= 11 is 0. The minimum Gasteiger partial charge on any atom is -0.465 e. The number of rotatable bonds is 11. The Balaban J connectivity index is 1.34. The predicted octanol–water partition coefficient (Wildman–Crippen LogP) is 6.93. The number of esters is 1. The highest BCUT2D eigenvalue weighted by molar-refractivity contribution is 6.08. The topological polar surface area (TPSA) is 79.5 Å². The molecule has 3 N–H and O–H groups in total. The second-order valence-corrected chi connectivity index (χ2v) is 9.13. The molecule has 0 aliphatic heterocycles. The van der Waals surface area contributed by atoms with Crippen LogP contribution >= 0.6 is 0 Å². The van der Waals surface area contributed by atoms with Crippen molar-refractivity contribution in [3.8, 4) is 11.1 Å². The van der Waals surface area contributed by atoms with Crippen molar-refractivity contribution in [1.29, 1.82) is 0 Å². The fourth-order valence-corrected chi connectivity index (χ4v) is 4.27. The minimum absolute atomic E-state index is 0.297. The van der Waals surface area contributed by atoms with E-state index in [1.807, 2.05) is 42.5 Å². The molecule has 4 aromatic carbocycles. The van der Waals surface area contributed by atoms with Gasteiger partial charge in [0.15, 0.2) is 0 Å². The van der Waals surface area contributed by atoms with Gasteiger partial charge in [-0.3, -0.25) is 10.1 Å². The normalized spacial score (nSPS) is 11.9. The molecule has 6 nitrogen and oxygen atoms in total. The molecule has 0 saturated heterocycles. The second kappa shape index (κ2) is 13.6. The number of carbonyl (C=O) groups is 2. The molecule has 9 heteroatoms. The van der Waals surface area contributed by atoms with Gasteiger partial charge in [0.25, 0.3) is 5.91 Å². The number of hydrogen-bond acceptors (Lipinski definition) is 5. The molecule has 0 bridgehead atoms. The molecule has 4 rings (SSSR count). The third-order valence-electron chi connectivity index (χ3n) is 6.30. The summed E-state index contributed by atoms with van der Waals surface area (Å²) in [6, 6.07) is 27.4. The zero-order valence-electron chi connectivity index (χ0n) is 22.4. The smallest absolute Gasteiger partial charge is 0.416 e. The van der Waals surface area contributed by atoms with Crippen molar-refractivity contribution in [3.63, 3.8) is 0 Å². The number of carbonyl (C=O) groups excluding carboxylic acids is 2. The third-order valence-corrected chi connectivity index (χ3v) is 6.30. The minimum atomic E-state index is -4.43. The quantitative estimate of drug-likeness (QED) is 0.137. The van der Waals surface area contributed by atoms with E-state index in [0.29, 0.717) is 42.1 Å². The van der Waals surface area contributed by atoms with Crippen LogP contribution in [0.5, 0.6) is 0 Å². The van der Waals surface area contributed by atoms with Gasteiger partial charge in [0.1, 0.15) is 6.04 Å². The fourth-order valence-electron chi connectivity index (χ4n) is 4.27. The first-order valence-electron chi connectivity index (χ1n) is 13.1. The average molecular weight is 562 g/mol. The summed E-state index contributed by atoms with van der Waals surface area (Å²) in [4.78, 5) is 25.5. The van der Waals surface area contributed by atoms with Crippen LogP contribution in [0.3, 0.4) is 0 Å². The van der Waals surface area contributed by atoms with Crippen LogP contribution in [0.2, 0.25) is 0 Å².